The lowest BCUT2D eigenvalue weighted by Crippen LogP contribution is -2.41. The van der Waals surface area contributed by atoms with Crippen molar-refractivity contribution in [1.82, 2.24) is 10.3 Å². The number of hydrogen-bond acceptors (Lipinski definition) is 2. The van der Waals surface area contributed by atoms with E-state index in [1.165, 1.54) is 18.5 Å². The maximum atomic E-state index is 4.46. The smallest absolute Gasteiger partial charge is 0.0475 e. The molecule has 1 aromatic rings. The number of pyridine rings is 1. The topological polar surface area (TPSA) is 24.9 Å². The first-order chi connectivity index (χ1) is 6.71. The molecule has 0 aliphatic carbocycles. The van der Waals surface area contributed by atoms with Gasteiger partial charge in [-0.05, 0) is 31.5 Å². The van der Waals surface area contributed by atoms with Crippen LogP contribution in [0.1, 0.15) is 32.4 Å². The Morgan fingerprint density at radius 1 is 1.43 bits per heavy atom. The molecular weight excluding hydrogens is 172 g/mol. The zero-order valence-corrected chi connectivity index (χ0v) is 8.96. The van der Waals surface area contributed by atoms with Gasteiger partial charge >= 0.3 is 0 Å². The van der Waals surface area contributed by atoms with Crippen LogP contribution in [0.15, 0.2) is 24.4 Å². The molecule has 1 aromatic heterocycles. The van der Waals surface area contributed by atoms with Crippen LogP contribution >= 0.6 is 0 Å². The van der Waals surface area contributed by atoms with Crippen LogP contribution < -0.4 is 5.32 Å². The van der Waals surface area contributed by atoms with Crippen molar-refractivity contribution in [1.29, 1.82) is 0 Å². The second-order valence-corrected chi connectivity index (χ2v) is 4.59. The standard InChI is InChI=1S/C12H18N2/c1-12(2,11-7-5-9-14-11)10-6-3-4-8-13-10/h3-4,6,8,11,14H,5,7,9H2,1-2H3. The number of hydrogen-bond donors (Lipinski definition) is 1. The van der Waals surface area contributed by atoms with Crippen LogP contribution in [0.25, 0.3) is 0 Å². The van der Waals surface area contributed by atoms with Gasteiger partial charge < -0.3 is 5.32 Å². The molecule has 1 N–H and O–H groups in total. The van der Waals surface area contributed by atoms with E-state index in [1.54, 1.807) is 0 Å². The minimum atomic E-state index is 0.151. The zero-order valence-electron chi connectivity index (χ0n) is 8.96. The molecule has 14 heavy (non-hydrogen) atoms. The number of nitrogens with zero attached hydrogens (tertiary/aromatic N) is 1. The molecule has 2 nitrogen and oxygen atoms in total. The van der Waals surface area contributed by atoms with Gasteiger partial charge in [-0.15, -0.1) is 0 Å². The molecule has 0 bridgehead atoms. The molecule has 0 spiro atoms. The van der Waals surface area contributed by atoms with Crippen molar-refractivity contribution in [3.63, 3.8) is 0 Å². The lowest BCUT2D eigenvalue weighted by Gasteiger charge is -2.31. The third-order valence-corrected chi connectivity index (χ3v) is 3.26. The van der Waals surface area contributed by atoms with E-state index in [4.69, 9.17) is 0 Å². The molecule has 0 radical (unpaired) electrons. The Hall–Kier alpha value is -0.890. The minimum absolute atomic E-state index is 0.151. The van der Waals surface area contributed by atoms with E-state index in [1.807, 2.05) is 12.3 Å². The van der Waals surface area contributed by atoms with Crippen LogP contribution in [0.2, 0.25) is 0 Å². The maximum absolute atomic E-state index is 4.46. The third kappa shape index (κ3) is 1.67. The van der Waals surface area contributed by atoms with Crippen LogP contribution in [0.5, 0.6) is 0 Å². The first-order valence-electron chi connectivity index (χ1n) is 5.36. The van der Waals surface area contributed by atoms with Gasteiger partial charge in [0.1, 0.15) is 0 Å². The average Bonchev–Trinajstić information content (AvgIpc) is 2.72. The molecule has 2 heteroatoms. The van der Waals surface area contributed by atoms with Crippen molar-refractivity contribution in [2.24, 2.45) is 0 Å². The quantitative estimate of drug-likeness (QED) is 0.772. The summed E-state index contributed by atoms with van der Waals surface area (Å²) in [6, 6.07) is 6.75. The van der Waals surface area contributed by atoms with E-state index < -0.39 is 0 Å². The van der Waals surface area contributed by atoms with Gasteiger partial charge in [0.05, 0.1) is 0 Å². The Kier molecular flexibility index (Phi) is 2.55. The third-order valence-electron chi connectivity index (χ3n) is 3.26. The SMILES string of the molecule is CC(C)(c1ccccn1)C1CCCN1. The summed E-state index contributed by atoms with van der Waals surface area (Å²) in [7, 11) is 0. The van der Waals surface area contributed by atoms with Crippen LogP contribution in [-0.4, -0.2) is 17.6 Å². The largest absolute Gasteiger partial charge is 0.313 e. The van der Waals surface area contributed by atoms with Crippen LogP contribution in [0.3, 0.4) is 0 Å². The van der Waals surface area contributed by atoms with E-state index in [2.05, 4.69) is 36.3 Å². The lowest BCUT2D eigenvalue weighted by atomic mass is 9.80. The normalized spacial score (nSPS) is 22.6. The fourth-order valence-electron chi connectivity index (χ4n) is 2.22. The Balaban J connectivity index is 2.22. The van der Waals surface area contributed by atoms with Crippen molar-refractivity contribution in [2.75, 3.05) is 6.54 Å². The molecule has 1 saturated heterocycles. The predicted octanol–water partition coefficient (Wildman–Crippen LogP) is 2.11. The zero-order chi connectivity index (χ0) is 10.0. The lowest BCUT2D eigenvalue weighted by molar-refractivity contribution is 0.368. The molecule has 1 unspecified atom stereocenters. The van der Waals surface area contributed by atoms with Gasteiger partial charge in [-0.25, -0.2) is 0 Å². The molecule has 1 atom stereocenters. The average molecular weight is 190 g/mol. The summed E-state index contributed by atoms with van der Waals surface area (Å²) in [6.45, 7) is 5.71. The molecule has 1 fully saturated rings. The first kappa shape index (κ1) is 9.66. The highest BCUT2D eigenvalue weighted by Crippen LogP contribution is 2.29. The molecule has 0 saturated carbocycles. The summed E-state index contributed by atoms with van der Waals surface area (Å²) >= 11 is 0. The van der Waals surface area contributed by atoms with Gasteiger partial charge in [0.25, 0.3) is 0 Å². The summed E-state index contributed by atoms with van der Waals surface area (Å²) in [5, 5.41) is 3.56. The van der Waals surface area contributed by atoms with E-state index >= 15 is 0 Å². The van der Waals surface area contributed by atoms with E-state index in [-0.39, 0.29) is 5.41 Å². The minimum Gasteiger partial charge on any atom is -0.313 e. The molecule has 1 aliphatic heterocycles. The van der Waals surface area contributed by atoms with Crippen molar-refractivity contribution in [2.45, 2.75) is 38.1 Å². The highest BCUT2D eigenvalue weighted by molar-refractivity contribution is 5.18. The van der Waals surface area contributed by atoms with Gasteiger partial charge in [-0.3, -0.25) is 4.98 Å². The molecule has 2 rings (SSSR count). The van der Waals surface area contributed by atoms with Crippen LogP contribution in [-0.2, 0) is 5.41 Å². The molecule has 76 valence electrons. The second kappa shape index (κ2) is 3.70. The predicted molar refractivity (Wildman–Crippen MR) is 58.3 cm³/mol. The van der Waals surface area contributed by atoms with Crippen molar-refractivity contribution < 1.29 is 0 Å². The summed E-state index contributed by atoms with van der Waals surface area (Å²) < 4.78 is 0. The van der Waals surface area contributed by atoms with Gasteiger partial charge in [-0.2, -0.15) is 0 Å². The first-order valence-corrected chi connectivity index (χ1v) is 5.36. The van der Waals surface area contributed by atoms with E-state index in [0.717, 1.165) is 6.54 Å². The van der Waals surface area contributed by atoms with Crippen molar-refractivity contribution in [3.8, 4) is 0 Å². The Morgan fingerprint density at radius 2 is 2.29 bits per heavy atom. The summed E-state index contributed by atoms with van der Waals surface area (Å²) in [4.78, 5) is 4.46. The summed E-state index contributed by atoms with van der Waals surface area (Å²) in [6.07, 6.45) is 4.44. The molecular formula is C12H18N2. The number of rotatable bonds is 2. The highest BCUT2D eigenvalue weighted by Gasteiger charge is 2.33. The number of aromatic nitrogens is 1. The monoisotopic (exact) mass is 190 g/mol. The van der Waals surface area contributed by atoms with Crippen LogP contribution in [0.4, 0.5) is 0 Å². The Bertz CT molecular complexity index is 286. The van der Waals surface area contributed by atoms with Crippen molar-refractivity contribution >= 4 is 0 Å². The van der Waals surface area contributed by atoms with Crippen LogP contribution in [0, 0.1) is 0 Å². The fourth-order valence-corrected chi connectivity index (χ4v) is 2.22. The molecule has 0 amide bonds. The van der Waals surface area contributed by atoms with Crippen molar-refractivity contribution in [3.05, 3.63) is 30.1 Å². The fraction of sp³-hybridized carbons (Fsp3) is 0.583. The van der Waals surface area contributed by atoms with Gasteiger partial charge in [0.15, 0.2) is 0 Å². The van der Waals surface area contributed by atoms with Gasteiger partial charge in [0, 0.05) is 23.3 Å². The number of nitrogens with one attached hydrogen (secondary N) is 1. The summed E-state index contributed by atoms with van der Waals surface area (Å²) in [5.41, 5.74) is 1.34. The van der Waals surface area contributed by atoms with E-state index in [0.29, 0.717) is 6.04 Å². The second-order valence-electron chi connectivity index (χ2n) is 4.59. The Morgan fingerprint density at radius 3 is 2.86 bits per heavy atom. The maximum Gasteiger partial charge on any atom is 0.0475 e. The van der Waals surface area contributed by atoms with Gasteiger partial charge in [-0.1, -0.05) is 19.9 Å². The van der Waals surface area contributed by atoms with Gasteiger partial charge in [0.2, 0.25) is 0 Å². The molecule has 1 aliphatic rings. The highest BCUT2D eigenvalue weighted by atomic mass is 15.0. The Labute approximate surface area is 85.7 Å². The van der Waals surface area contributed by atoms with E-state index in [9.17, 15) is 0 Å². The summed E-state index contributed by atoms with van der Waals surface area (Å²) in [5.74, 6) is 0. The molecule has 0 aromatic carbocycles. The molecule has 2 heterocycles.